The molecule has 0 spiro atoms. The molecule has 0 aliphatic carbocycles. The Morgan fingerprint density at radius 3 is 2.50 bits per heavy atom. The number of hydrogen-bond donors (Lipinski definition) is 1. The molecule has 5 heteroatoms. The zero-order valence-electron chi connectivity index (χ0n) is 11.3. The largest absolute Gasteiger partial charge is 0.496 e. The van der Waals surface area contributed by atoms with Crippen molar-refractivity contribution in [3.63, 3.8) is 0 Å². The Morgan fingerprint density at radius 2 is 1.85 bits per heavy atom. The van der Waals surface area contributed by atoms with E-state index < -0.39 is 5.97 Å². The van der Waals surface area contributed by atoms with Crippen LogP contribution in [0.2, 0.25) is 0 Å². The predicted molar refractivity (Wildman–Crippen MR) is 79.3 cm³/mol. The second-order valence-electron chi connectivity index (χ2n) is 4.00. The van der Waals surface area contributed by atoms with Gasteiger partial charge in [-0.25, -0.2) is 4.79 Å². The highest BCUT2D eigenvalue weighted by atomic mass is 32.2. The summed E-state index contributed by atoms with van der Waals surface area (Å²) < 4.78 is 9.97. The van der Waals surface area contributed by atoms with E-state index in [-0.39, 0.29) is 0 Å². The molecule has 0 bridgehead atoms. The number of ether oxygens (including phenoxy) is 2. The number of hydrogen-bond acceptors (Lipinski definition) is 5. The monoisotopic (exact) mass is 289 g/mol. The average molecular weight is 289 g/mol. The molecular formula is C15H15NO3S. The summed E-state index contributed by atoms with van der Waals surface area (Å²) in [7, 11) is 2.97. The number of para-hydroxylation sites is 1. The van der Waals surface area contributed by atoms with Gasteiger partial charge >= 0.3 is 5.97 Å². The van der Waals surface area contributed by atoms with Crippen LogP contribution in [-0.2, 0) is 4.74 Å². The molecule has 2 aromatic rings. The van der Waals surface area contributed by atoms with Gasteiger partial charge in [-0.05, 0) is 30.3 Å². The normalized spacial score (nSPS) is 10.1. The van der Waals surface area contributed by atoms with Gasteiger partial charge in [0.1, 0.15) is 5.75 Å². The lowest BCUT2D eigenvalue weighted by Gasteiger charge is -2.10. The average Bonchev–Trinajstić information content (AvgIpc) is 2.49. The Kier molecular flexibility index (Phi) is 4.53. The highest BCUT2D eigenvalue weighted by molar-refractivity contribution is 7.99. The van der Waals surface area contributed by atoms with Crippen molar-refractivity contribution in [2.24, 2.45) is 0 Å². The molecule has 0 amide bonds. The molecule has 0 heterocycles. The first kappa shape index (κ1) is 14.3. The number of nitrogens with two attached hydrogens (primary N) is 1. The number of rotatable bonds is 4. The molecule has 0 radical (unpaired) electrons. The molecule has 0 aromatic heterocycles. The zero-order valence-corrected chi connectivity index (χ0v) is 12.1. The third-order valence-electron chi connectivity index (χ3n) is 2.72. The molecule has 2 rings (SSSR count). The highest BCUT2D eigenvalue weighted by Gasteiger charge is 2.10. The van der Waals surface area contributed by atoms with Crippen molar-refractivity contribution < 1.29 is 14.3 Å². The lowest BCUT2D eigenvalue weighted by Crippen LogP contribution is -2.02. The van der Waals surface area contributed by atoms with Gasteiger partial charge in [0.05, 0.1) is 24.7 Å². The molecule has 2 aromatic carbocycles. The van der Waals surface area contributed by atoms with E-state index in [4.69, 9.17) is 10.5 Å². The van der Waals surface area contributed by atoms with Gasteiger partial charge in [0.25, 0.3) is 0 Å². The van der Waals surface area contributed by atoms with Crippen molar-refractivity contribution in [3.05, 3.63) is 48.0 Å². The molecule has 20 heavy (non-hydrogen) atoms. The minimum absolute atomic E-state index is 0.398. The number of nitrogen functional groups attached to an aromatic ring is 1. The second-order valence-corrected chi connectivity index (χ2v) is 5.08. The Morgan fingerprint density at radius 1 is 1.10 bits per heavy atom. The van der Waals surface area contributed by atoms with Crippen LogP contribution in [0.15, 0.2) is 52.3 Å². The van der Waals surface area contributed by atoms with E-state index in [9.17, 15) is 4.79 Å². The standard InChI is InChI=1S/C15H15NO3S/c1-18-12-5-3-4-6-14(12)20-13-8-7-10(9-11(13)16)15(17)19-2/h3-9H,16H2,1-2H3. The van der Waals surface area contributed by atoms with Gasteiger partial charge in [0.2, 0.25) is 0 Å². The summed E-state index contributed by atoms with van der Waals surface area (Å²) >= 11 is 1.49. The van der Waals surface area contributed by atoms with Crippen LogP contribution in [0.3, 0.4) is 0 Å². The molecule has 2 N–H and O–H groups in total. The summed E-state index contributed by atoms with van der Waals surface area (Å²) in [6.07, 6.45) is 0. The second kappa shape index (κ2) is 6.34. The summed E-state index contributed by atoms with van der Waals surface area (Å²) in [5, 5.41) is 0. The number of anilines is 1. The fourth-order valence-corrected chi connectivity index (χ4v) is 2.66. The number of methoxy groups -OCH3 is 2. The van der Waals surface area contributed by atoms with Crippen LogP contribution in [0.1, 0.15) is 10.4 Å². The molecule has 0 unspecified atom stereocenters. The van der Waals surface area contributed by atoms with Crippen molar-refractivity contribution in [1.29, 1.82) is 0 Å². The lowest BCUT2D eigenvalue weighted by atomic mass is 10.2. The van der Waals surface area contributed by atoms with E-state index >= 15 is 0 Å². The van der Waals surface area contributed by atoms with Crippen LogP contribution in [0.4, 0.5) is 5.69 Å². The van der Waals surface area contributed by atoms with E-state index in [1.54, 1.807) is 25.3 Å². The maximum absolute atomic E-state index is 11.4. The first-order valence-corrected chi connectivity index (χ1v) is 6.76. The Balaban J connectivity index is 2.28. The Labute approximate surface area is 121 Å². The number of esters is 1. The first-order valence-electron chi connectivity index (χ1n) is 5.94. The summed E-state index contributed by atoms with van der Waals surface area (Å²) in [5.41, 5.74) is 6.95. The van der Waals surface area contributed by atoms with Crippen molar-refractivity contribution >= 4 is 23.4 Å². The van der Waals surface area contributed by atoms with Crippen LogP contribution in [0.5, 0.6) is 5.75 Å². The highest BCUT2D eigenvalue weighted by Crippen LogP contribution is 2.37. The number of carbonyl (C=O) groups is 1. The quantitative estimate of drug-likeness (QED) is 0.691. The molecule has 0 fully saturated rings. The van der Waals surface area contributed by atoms with Gasteiger partial charge < -0.3 is 15.2 Å². The first-order chi connectivity index (χ1) is 9.65. The zero-order chi connectivity index (χ0) is 14.5. The molecule has 0 saturated heterocycles. The maximum atomic E-state index is 11.4. The molecule has 4 nitrogen and oxygen atoms in total. The van der Waals surface area contributed by atoms with E-state index in [2.05, 4.69) is 4.74 Å². The van der Waals surface area contributed by atoms with Crippen LogP contribution in [0, 0.1) is 0 Å². The lowest BCUT2D eigenvalue weighted by molar-refractivity contribution is 0.0600. The molecule has 0 atom stereocenters. The minimum Gasteiger partial charge on any atom is -0.496 e. The van der Waals surface area contributed by atoms with Gasteiger partial charge in [0, 0.05) is 10.6 Å². The van der Waals surface area contributed by atoms with Gasteiger partial charge in [-0.3, -0.25) is 0 Å². The van der Waals surface area contributed by atoms with Gasteiger partial charge in [-0.15, -0.1) is 0 Å². The Hall–Kier alpha value is -2.14. The van der Waals surface area contributed by atoms with Crippen LogP contribution in [-0.4, -0.2) is 20.2 Å². The Bertz CT molecular complexity index is 628. The van der Waals surface area contributed by atoms with E-state index in [0.29, 0.717) is 11.3 Å². The SMILES string of the molecule is COC(=O)c1ccc(Sc2ccccc2OC)c(N)c1. The molecule has 0 aliphatic rings. The van der Waals surface area contributed by atoms with Crippen LogP contribution >= 0.6 is 11.8 Å². The van der Waals surface area contributed by atoms with Gasteiger partial charge in [-0.2, -0.15) is 0 Å². The minimum atomic E-state index is -0.398. The van der Waals surface area contributed by atoms with E-state index in [0.717, 1.165) is 15.5 Å². The number of carbonyl (C=O) groups excluding carboxylic acids is 1. The molecule has 104 valence electrons. The van der Waals surface area contributed by atoms with Gasteiger partial charge in [-0.1, -0.05) is 23.9 Å². The number of benzene rings is 2. The predicted octanol–water partition coefficient (Wildman–Crippen LogP) is 3.22. The van der Waals surface area contributed by atoms with Gasteiger partial charge in [0.15, 0.2) is 0 Å². The topological polar surface area (TPSA) is 61.5 Å². The fraction of sp³-hybridized carbons (Fsp3) is 0.133. The van der Waals surface area contributed by atoms with Crippen LogP contribution in [0.25, 0.3) is 0 Å². The summed E-state index contributed by atoms with van der Waals surface area (Å²) in [4.78, 5) is 13.3. The van der Waals surface area contributed by atoms with Crippen LogP contribution < -0.4 is 10.5 Å². The third kappa shape index (κ3) is 3.05. The van der Waals surface area contributed by atoms with E-state index in [1.165, 1.54) is 18.9 Å². The van der Waals surface area contributed by atoms with Crippen molar-refractivity contribution in [2.45, 2.75) is 9.79 Å². The van der Waals surface area contributed by atoms with E-state index in [1.807, 2.05) is 24.3 Å². The maximum Gasteiger partial charge on any atom is 0.337 e. The molecular weight excluding hydrogens is 274 g/mol. The molecule has 0 aliphatic heterocycles. The third-order valence-corrected chi connectivity index (χ3v) is 3.87. The fourth-order valence-electron chi connectivity index (χ4n) is 1.71. The smallest absolute Gasteiger partial charge is 0.337 e. The van der Waals surface area contributed by atoms with Crippen molar-refractivity contribution in [3.8, 4) is 5.75 Å². The van der Waals surface area contributed by atoms with Crippen molar-refractivity contribution in [2.75, 3.05) is 20.0 Å². The summed E-state index contributed by atoms with van der Waals surface area (Å²) in [6.45, 7) is 0. The summed E-state index contributed by atoms with van der Waals surface area (Å²) in [6, 6.07) is 12.8. The summed E-state index contributed by atoms with van der Waals surface area (Å²) in [5.74, 6) is 0.388. The molecule has 0 saturated carbocycles. The van der Waals surface area contributed by atoms with Crippen molar-refractivity contribution in [1.82, 2.24) is 0 Å².